The van der Waals surface area contributed by atoms with Crippen molar-refractivity contribution in [2.45, 2.75) is 13.5 Å². The summed E-state index contributed by atoms with van der Waals surface area (Å²) < 4.78 is 26.0. The molecule has 3 aromatic carbocycles. The highest BCUT2D eigenvalue weighted by Gasteiger charge is 2.37. The predicted molar refractivity (Wildman–Crippen MR) is 142 cm³/mol. The molecule has 1 N–H and O–H groups in total. The summed E-state index contributed by atoms with van der Waals surface area (Å²) >= 11 is 15.4. The Morgan fingerprint density at radius 2 is 1.78 bits per heavy atom. The predicted octanol–water partition coefficient (Wildman–Crippen LogP) is 6.54. The number of urea groups is 1. The molecule has 7 nitrogen and oxygen atoms in total. The van der Waals surface area contributed by atoms with Crippen LogP contribution in [0.1, 0.15) is 18.1 Å². The van der Waals surface area contributed by atoms with Crippen molar-refractivity contribution in [3.8, 4) is 11.5 Å². The molecule has 37 heavy (non-hydrogen) atoms. The Kier molecular flexibility index (Phi) is 8.16. The van der Waals surface area contributed by atoms with Crippen LogP contribution < -0.4 is 19.7 Å². The molecule has 4 rings (SSSR count). The molecule has 1 saturated heterocycles. The fraction of sp³-hybridized carbons (Fsp3) is 0.115. The van der Waals surface area contributed by atoms with Gasteiger partial charge in [0.1, 0.15) is 18.0 Å². The smallest absolute Gasteiger partial charge is 0.335 e. The van der Waals surface area contributed by atoms with Crippen LogP contribution in [0.5, 0.6) is 11.5 Å². The lowest BCUT2D eigenvalue weighted by Gasteiger charge is -2.26. The highest BCUT2D eigenvalue weighted by molar-refractivity contribution is 9.10. The average molecular weight is 608 g/mol. The van der Waals surface area contributed by atoms with Gasteiger partial charge >= 0.3 is 6.03 Å². The van der Waals surface area contributed by atoms with E-state index < -0.39 is 23.7 Å². The van der Waals surface area contributed by atoms with Crippen molar-refractivity contribution >= 4 is 68.7 Å². The maximum absolute atomic E-state index is 14.0. The summed E-state index contributed by atoms with van der Waals surface area (Å²) in [6.07, 6.45) is 1.32. The molecule has 0 spiro atoms. The van der Waals surface area contributed by atoms with Gasteiger partial charge in [-0.2, -0.15) is 0 Å². The molecule has 0 saturated carbocycles. The number of amides is 4. The number of benzene rings is 3. The second-order valence-electron chi connectivity index (χ2n) is 7.70. The Morgan fingerprint density at radius 1 is 1.03 bits per heavy atom. The molecule has 190 valence electrons. The SMILES string of the molecule is CCOc1cc(/C=C2\C(=O)NC(=O)N(c3ccc(Cl)c(Cl)c3)C2=O)cc(Br)c1OCc1ccccc1F. The number of hydrogen-bond donors (Lipinski definition) is 1. The van der Waals surface area contributed by atoms with E-state index in [2.05, 4.69) is 21.2 Å². The largest absolute Gasteiger partial charge is 0.490 e. The van der Waals surface area contributed by atoms with Crippen molar-refractivity contribution in [1.82, 2.24) is 5.32 Å². The zero-order valence-corrected chi connectivity index (χ0v) is 22.3. The Balaban J connectivity index is 1.67. The molecule has 1 fully saturated rings. The summed E-state index contributed by atoms with van der Waals surface area (Å²) in [7, 11) is 0. The van der Waals surface area contributed by atoms with Gasteiger partial charge in [-0.05, 0) is 70.9 Å². The first-order valence-corrected chi connectivity index (χ1v) is 12.4. The lowest BCUT2D eigenvalue weighted by molar-refractivity contribution is -0.122. The van der Waals surface area contributed by atoms with E-state index in [1.807, 2.05) is 0 Å². The standard InChI is InChI=1S/C26H18BrCl2FN2O5/c1-2-36-22-11-14(10-18(27)23(22)37-13-15-5-3-4-6-21(15)30)9-17-24(33)31-26(35)32(25(17)34)16-7-8-19(28)20(29)12-16/h3-12H,2,13H2,1H3,(H,31,33,35)/b17-9+. The topological polar surface area (TPSA) is 84.9 Å². The van der Waals surface area contributed by atoms with E-state index in [1.165, 1.54) is 30.3 Å². The summed E-state index contributed by atoms with van der Waals surface area (Å²) in [6.45, 7) is 2.02. The van der Waals surface area contributed by atoms with Gasteiger partial charge in [0.25, 0.3) is 11.8 Å². The number of carbonyl (C=O) groups excluding carboxylic acids is 3. The number of nitrogens with one attached hydrogen (secondary N) is 1. The summed E-state index contributed by atoms with van der Waals surface area (Å²) in [5, 5.41) is 2.53. The fourth-order valence-corrected chi connectivity index (χ4v) is 4.39. The van der Waals surface area contributed by atoms with E-state index in [0.29, 0.717) is 33.7 Å². The summed E-state index contributed by atoms with van der Waals surface area (Å²) in [5.74, 6) is -1.48. The minimum atomic E-state index is -0.918. The van der Waals surface area contributed by atoms with Crippen LogP contribution in [-0.2, 0) is 16.2 Å². The summed E-state index contributed by atoms with van der Waals surface area (Å²) in [6, 6.07) is 12.7. The number of imide groups is 2. The van der Waals surface area contributed by atoms with E-state index in [-0.39, 0.29) is 27.9 Å². The van der Waals surface area contributed by atoms with Crippen LogP contribution in [0.3, 0.4) is 0 Å². The fourth-order valence-electron chi connectivity index (χ4n) is 3.52. The van der Waals surface area contributed by atoms with Crippen molar-refractivity contribution in [1.29, 1.82) is 0 Å². The van der Waals surface area contributed by atoms with Crippen LogP contribution >= 0.6 is 39.1 Å². The highest BCUT2D eigenvalue weighted by atomic mass is 79.9. The number of ether oxygens (including phenoxy) is 2. The molecule has 0 aromatic heterocycles. The minimum Gasteiger partial charge on any atom is -0.490 e. The first kappa shape index (κ1) is 26.7. The molecular weight excluding hydrogens is 590 g/mol. The van der Waals surface area contributed by atoms with Crippen molar-refractivity contribution < 1.29 is 28.2 Å². The number of nitrogens with zero attached hydrogens (tertiary/aromatic N) is 1. The van der Waals surface area contributed by atoms with Crippen LogP contribution in [0.2, 0.25) is 10.0 Å². The number of anilines is 1. The second kappa shape index (κ2) is 11.3. The molecule has 1 aliphatic rings. The van der Waals surface area contributed by atoms with Gasteiger partial charge in [-0.25, -0.2) is 14.1 Å². The van der Waals surface area contributed by atoms with Crippen molar-refractivity contribution in [3.05, 3.63) is 91.6 Å². The van der Waals surface area contributed by atoms with Crippen LogP contribution in [0, 0.1) is 5.82 Å². The van der Waals surface area contributed by atoms with Gasteiger partial charge in [0, 0.05) is 5.56 Å². The molecule has 4 amide bonds. The Morgan fingerprint density at radius 3 is 2.49 bits per heavy atom. The van der Waals surface area contributed by atoms with Crippen LogP contribution in [0.4, 0.5) is 14.9 Å². The molecule has 0 bridgehead atoms. The maximum Gasteiger partial charge on any atom is 0.335 e. The van der Waals surface area contributed by atoms with E-state index >= 15 is 0 Å². The van der Waals surface area contributed by atoms with Crippen LogP contribution in [0.15, 0.2) is 64.6 Å². The van der Waals surface area contributed by atoms with Crippen molar-refractivity contribution in [2.75, 3.05) is 11.5 Å². The van der Waals surface area contributed by atoms with Crippen LogP contribution in [0.25, 0.3) is 6.08 Å². The average Bonchev–Trinajstić information content (AvgIpc) is 2.84. The maximum atomic E-state index is 14.0. The first-order valence-electron chi connectivity index (χ1n) is 10.9. The van der Waals surface area contributed by atoms with Gasteiger partial charge in [-0.3, -0.25) is 14.9 Å². The van der Waals surface area contributed by atoms with E-state index in [4.69, 9.17) is 32.7 Å². The zero-order valence-electron chi connectivity index (χ0n) is 19.2. The van der Waals surface area contributed by atoms with E-state index in [0.717, 1.165) is 4.90 Å². The normalized spacial score (nSPS) is 14.7. The molecular formula is C26H18BrCl2FN2O5. The first-order chi connectivity index (χ1) is 17.7. The number of carbonyl (C=O) groups is 3. The van der Waals surface area contributed by atoms with Gasteiger partial charge in [0.2, 0.25) is 0 Å². The highest BCUT2D eigenvalue weighted by Crippen LogP contribution is 2.38. The van der Waals surface area contributed by atoms with Crippen molar-refractivity contribution in [3.63, 3.8) is 0 Å². The lowest BCUT2D eigenvalue weighted by atomic mass is 10.1. The number of rotatable bonds is 7. The third kappa shape index (κ3) is 5.79. The quantitative estimate of drug-likeness (QED) is 0.243. The molecule has 3 aromatic rings. The third-order valence-electron chi connectivity index (χ3n) is 5.24. The monoisotopic (exact) mass is 606 g/mol. The Bertz CT molecular complexity index is 1450. The van der Waals surface area contributed by atoms with Gasteiger partial charge in [0.05, 0.1) is 26.8 Å². The number of halogens is 4. The molecule has 0 aliphatic carbocycles. The van der Waals surface area contributed by atoms with E-state index in [1.54, 1.807) is 37.3 Å². The zero-order chi connectivity index (χ0) is 26.7. The van der Waals surface area contributed by atoms with Gasteiger partial charge in [-0.15, -0.1) is 0 Å². The third-order valence-corrected chi connectivity index (χ3v) is 6.56. The number of hydrogen-bond acceptors (Lipinski definition) is 5. The van der Waals surface area contributed by atoms with E-state index in [9.17, 15) is 18.8 Å². The van der Waals surface area contributed by atoms with Crippen LogP contribution in [-0.4, -0.2) is 24.5 Å². The van der Waals surface area contributed by atoms with Crippen molar-refractivity contribution in [2.24, 2.45) is 0 Å². The molecule has 11 heteroatoms. The summed E-state index contributed by atoms with van der Waals surface area (Å²) in [5.41, 5.74) is 0.624. The molecule has 0 unspecified atom stereocenters. The Hall–Kier alpha value is -3.40. The molecule has 0 atom stereocenters. The minimum absolute atomic E-state index is 0.0482. The van der Waals surface area contributed by atoms with Gasteiger partial charge in [-0.1, -0.05) is 41.4 Å². The molecule has 0 radical (unpaired) electrons. The number of barbiturate groups is 1. The van der Waals surface area contributed by atoms with Gasteiger partial charge in [0.15, 0.2) is 11.5 Å². The Labute approximate surface area is 229 Å². The lowest BCUT2D eigenvalue weighted by Crippen LogP contribution is -2.54. The second-order valence-corrected chi connectivity index (χ2v) is 9.37. The molecule has 1 aliphatic heterocycles. The molecule has 1 heterocycles. The van der Waals surface area contributed by atoms with Gasteiger partial charge < -0.3 is 9.47 Å². The summed E-state index contributed by atoms with van der Waals surface area (Å²) in [4.78, 5) is 39.0.